The van der Waals surface area contributed by atoms with Gasteiger partial charge in [-0.1, -0.05) is 0 Å². The molecule has 0 atom stereocenters. The number of amides is 1. The number of phenols is 1. The number of benzene rings is 1. The molecule has 0 aliphatic carbocycles. The third-order valence-corrected chi connectivity index (χ3v) is 7.07. The SMILES string of the molecule is Cc1cc(C(=O)Nc2cc(S(=O)(=O)N3CCCC3)ccc2O)c(C)s1. The number of phenolic OH excluding ortho intramolecular Hbond substituents is 1. The Labute approximate surface area is 151 Å². The Morgan fingerprint density at radius 2 is 1.88 bits per heavy atom. The van der Waals surface area contributed by atoms with Crippen molar-refractivity contribution in [1.82, 2.24) is 4.31 Å². The Morgan fingerprint density at radius 3 is 2.48 bits per heavy atom. The Hall–Kier alpha value is -1.90. The lowest BCUT2D eigenvalue weighted by Crippen LogP contribution is -2.28. The van der Waals surface area contributed by atoms with E-state index in [2.05, 4.69) is 5.32 Å². The summed E-state index contributed by atoms with van der Waals surface area (Å²) < 4.78 is 26.7. The average Bonchev–Trinajstić information content (AvgIpc) is 3.19. The lowest BCUT2D eigenvalue weighted by atomic mass is 10.2. The van der Waals surface area contributed by atoms with E-state index in [1.165, 1.54) is 33.8 Å². The van der Waals surface area contributed by atoms with Crippen LogP contribution in [0.5, 0.6) is 5.75 Å². The van der Waals surface area contributed by atoms with Crippen molar-refractivity contribution in [2.45, 2.75) is 31.6 Å². The summed E-state index contributed by atoms with van der Waals surface area (Å²) in [5.41, 5.74) is 0.614. The third kappa shape index (κ3) is 3.56. The Morgan fingerprint density at radius 1 is 1.20 bits per heavy atom. The summed E-state index contributed by atoms with van der Waals surface area (Å²) in [4.78, 5) is 14.4. The maximum absolute atomic E-state index is 12.6. The number of aryl methyl sites for hydroxylation is 2. The first-order valence-corrected chi connectivity index (χ1v) is 10.3. The maximum Gasteiger partial charge on any atom is 0.256 e. The predicted octanol–water partition coefficient (Wildman–Crippen LogP) is 3.11. The zero-order chi connectivity index (χ0) is 18.2. The van der Waals surface area contributed by atoms with E-state index in [-0.39, 0.29) is 22.2 Å². The zero-order valence-corrected chi connectivity index (χ0v) is 15.7. The molecular formula is C17H20N2O4S2. The molecule has 2 aromatic rings. The van der Waals surface area contributed by atoms with Gasteiger partial charge in [-0.15, -0.1) is 11.3 Å². The van der Waals surface area contributed by atoms with Crippen molar-refractivity contribution >= 4 is 33.0 Å². The normalized spacial score (nSPS) is 15.4. The Balaban J connectivity index is 1.89. The first kappa shape index (κ1) is 17.9. The molecule has 25 heavy (non-hydrogen) atoms. The molecule has 6 nitrogen and oxygen atoms in total. The van der Waals surface area contributed by atoms with Crippen molar-refractivity contribution in [2.24, 2.45) is 0 Å². The van der Waals surface area contributed by atoms with E-state index in [9.17, 15) is 18.3 Å². The summed E-state index contributed by atoms with van der Waals surface area (Å²) in [7, 11) is -3.61. The molecule has 134 valence electrons. The molecule has 2 N–H and O–H groups in total. The van der Waals surface area contributed by atoms with Gasteiger partial charge in [0.1, 0.15) is 5.75 Å². The van der Waals surface area contributed by atoms with Crippen molar-refractivity contribution < 1.29 is 18.3 Å². The van der Waals surface area contributed by atoms with Crippen LogP contribution in [-0.4, -0.2) is 36.8 Å². The minimum Gasteiger partial charge on any atom is -0.506 e. The van der Waals surface area contributed by atoms with Gasteiger partial charge in [0.15, 0.2) is 0 Å². The molecule has 1 saturated heterocycles. The summed E-state index contributed by atoms with van der Waals surface area (Å²) in [6.07, 6.45) is 1.69. The van der Waals surface area contributed by atoms with Crippen molar-refractivity contribution in [2.75, 3.05) is 18.4 Å². The molecule has 1 amide bonds. The van der Waals surface area contributed by atoms with Crippen LogP contribution in [0.15, 0.2) is 29.2 Å². The second-order valence-corrected chi connectivity index (χ2v) is 9.47. The fourth-order valence-electron chi connectivity index (χ4n) is 2.90. The van der Waals surface area contributed by atoms with Gasteiger partial charge in [0, 0.05) is 22.8 Å². The van der Waals surface area contributed by atoms with Crippen LogP contribution >= 0.6 is 11.3 Å². The molecule has 1 aromatic carbocycles. The molecule has 8 heteroatoms. The lowest BCUT2D eigenvalue weighted by molar-refractivity contribution is 0.102. The highest BCUT2D eigenvalue weighted by Crippen LogP contribution is 2.30. The number of thiophene rings is 1. The number of sulfonamides is 1. The number of carbonyl (C=O) groups is 1. The number of aromatic hydroxyl groups is 1. The van der Waals surface area contributed by atoms with E-state index in [1.54, 1.807) is 6.07 Å². The molecule has 1 aromatic heterocycles. The van der Waals surface area contributed by atoms with Gasteiger partial charge in [-0.2, -0.15) is 4.31 Å². The van der Waals surface area contributed by atoms with Gasteiger partial charge in [0.2, 0.25) is 10.0 Å². The molecule has 0 spiro atoms. The quantitative estimate of drug-likeness (QED) is 0.798. The summed E-state index contributed by atoms with van der Waals surface area (Å²) in [5.74, 6) is -0.536. The zero-order valence-electron chi connectivity index (χ0n) is 14.1. The molecule has 0 radical (unpaired) electrons. The fourth-order valence-corrected chi connectivity index (χ4v) is 5.36. The summed E-state index contributed by atoms with van der Waals surface area (Å²) in [6.45, 7) is 4.76. The predicted molar refractivity (Wildman–Crippen MR) is 97.8 cm³/mol. The van der Waals surface area contributed by atoms with Gasteiger partial charge < -0.3 is 10.4 Å². The smallest absolute Gasteiger partial charge is 0.256 e. The van der Waals surface area contributed by atoms with Crippen molar-refractivity contribution in [3.8, 4) is 5.75 Å². The molecule has 0 saturated carbocycles. The third-order valence-electron chi connectivity index (χ3n) is 4.20. The molecular weight excluding hydrogens is 360 g/mol. The van der Waals surface area contributed by atoms with Crippen molar-refractivity contribution in [3.05, 3.63) is 39.6 Å². The largest absolute Gasteiger partial charge is 0.506 e. The second-order valence-electron chi connectivity index (χ2n) is 6.07. The lowest BCUT2D eigenvalue weighted by Gasteiger charge is -2.16. The summed E-state index contributed by atoms with van der Waals surface area (Å²) in [5, 5.41) is 12.6. The van der Waals surface area contributed by atoms with Crippen LogP contribution < -0.4 is 5.32 Å². The molecule has 1 aliphatic heterocycles. The number of hydrogen-bond donors (Lipinski definition) is 2. The monoisotopic (exact) mass is 380 g/mol. The van der Waals surface area contributed by atoms with Gasteiger partial charge in [-0.05, 0) is 51.0 Å². The van der Waals surface area contributed by atoms with E-state index >= 15 is 0 Å². The fraction of sp³-hybridized carbons (Fsp3) is 0.353. The van der Waals surface area contributed by atoms with Crippen LogP contribution in [0.25, 0.3) is 0 Å². The first-order chi connectivity index (χ1) is 11.8. The summed E-state index contributed by atoms with van der Waals surface area (Å²) in [6, 6.07) is 5.75. The Kier molecular flexibility index (Phi) is 4.86. The van der Waals surface area contributed by atoms with Crippen LogP contribution in [0.2, 0.25) is 0 Å². The van der Waals surface area contributed by atoms with Crippen LogP contribution in [0.4, 0.5) is 5.69 Å². The van der Waals surface area contributed by atoms with Crippen molar-refractivity contribution in [3.63, 3.8) is 0 Å². The highest BCUT2D eigenvalue weighted by molar-refractivity contribution is 7.89. The number of nitrogens with zero attached hydrogens (tertiary/aromatic N) is 1. The Bertz CT molecular complexity index is 913. The maximum atomic E-state index is 12.6. The molecule has 1 fully saturated rings. The highest BCUT2D eigenvalue weighted by Gasteiger charge is 2.28. The molecule has 2 heterocycles. The van der Waals surface area contributed by atoms with E-state index in [0.29, 0.717) is 18.7 Å². The van der Waals surface area contributed by atoms with E-state index in [4.69, 9.17) is 0 Å². The van der Waals surface area contributed by atoms with Gasteiger partial charge in [-0.25, -0.2) is 8.42 Å². The molecule has 0 unspecified atom stereocenters. The van der Waals surface area contributed by atoms with Crippen LogP contribution in [-0.2, 0) is 10.0 Å². The van der Waals surface area contributed by atoms with Crippen LogP contribution in [0.1, 0.15) is 33.0 Å². The van der Waals surface area contributed by atoms with Crippen molar-refractivity contribution in [1.29, 1.82) is 0 Å². The van der Waals surface area contributed by atoms with Crippen LogP contribution in [0.3, 0.4) is 0 Å². The van der Waals surface area contributed by atoms with Gasteiger partial charge >= 0.3 is 0 Å². The molecule has 0 bridgehead atoms. The highest BCUT2D eigenvalue weighted by atomic mass is 32.2. The van der Waals surface area contributed by atoms with Gasteiger partial charge in [0.05, 0.1) is 16.1 Å². The van der Waals surface area contributed by atoms with Gasteiger partial charge in [-0.3, -0.25) is 4.79 Å². The molecule has 3 rings (SSSR count). The first-order valence-electron chi connectivity index (χ1n) is 8.00. The van der Waals surface area contributed by atoms with E-state index in [1.807, 2.05) is 13.8 Å². The second kappa shape index (κ2) is 6.78. The number of hydrogen-bond acceptors (Lipinski definition) is 5. The van der Waals surface area contributed by atoms with Crippen LogP contribution in [0, 0.1) is 13.8 Å². The minimum atomic E-state index is -3.61. The number of rotatable bonds is 4. The van der Waals surface area contributed by atoms with E-state index in [0.717, 1.165) is 22.6 Å². The number of anilines is 1. The molecule has 1 aliphatic rings. The minimum absolute atomic E-state index is 0.0701. The standard InChI is InChI=1S/C17H20N2O4S2/c1-11-9-14(12(2)24-11)17(21)18-15-10-13(5-6-16(15)20)25(22,23)19-7-3-4-8-19/h5-6,9-10,20H,3-4,7-8H2,1-2H3,(H,18,21). The summed E-state index contributed by atoms with van der Waals surface area (Å²) >= 11 is 1.51. The number of carbonyl (C=O) groups excluding carboxylic acids is 1. The topological polar surface area (TPSA) is 86.7 Å². The van der Waals surface area contributed by atoms with Gasteiger partial charge in [0.25, 0.3) is 5.91 Å². The number of nitrogens with one attached hydrogen (secondary N) is 1. The van der Waals surface area contributed by atoms with E-state index < -0.39 is 10.0 Å². The average molecular weight is 380 g/mol.